The Bertz CT molecular complexity index is 724. The van der Waals surface area contributed by atoms with Crippen molar-refractivity contribution in [2.45, 2.75) is 70.4 Å². The first-order chi connectivity index (χ1) is 12.7. The van der Waals surface area contributed by atoms with Gasteiger partial charge in [-0.1, -0.05) is 44.2 Å². The van der Waals surface area contributed by atoms with Crippen molar-refractivity contribution in [2.75, 3.05) is 5.32 Å². The first-order valence-electron chi connectivity index (χ1n) is 10.1. The Balaban J connectivity index is 1.38. The Kier molecular flexibility index (Phi) is 5.14. The minimum atomic E-state index is 0.0197. The summed E-state index contributed by atoms with van der Waals surface area (Å²) < 4.78 is 6.51. The molecule has 2 heterocycles. The largest absolute Gasteiger partial charge is 0.487 e. The van der Waals surface area contributed by atoms with Gasteiger partial charge in [0, 0.05) is 24.6 Å². The smallest absolute Gasteiger partial charge is 0.123 e. The first-order valence-corrected chi connectivity index (χ1v) is 10.1. The summed E-state index contributed by atoms with van der Waals surface area (Å²) in [5.74, 6) is 1.96. The topological polar surface area (TPSA) is 34.2 Å². The second-order valence-corrected chi connectivity index (χ2v) is 8.29. The van der Waals surface area contributed by atoms with E-state index in [0.29, 0.717) is 0 Å². The van der Waals surface area contributed by atoms with Gasteiger partial charge in [0.2, 0.25) is 0 Å². The molecule has 3 nitrogen and oxygen atoms in total. The van der Waals surface area contributed by atoms with Crippen LogP contribution in [-0.4, -0.2) is 10.6 Å². The molecular formula is C23H30N2O. The molecule has 1 aliphatic heterocycles. The molecule has 26 heavy (non-hydrogen) atoms. The number of aryl methyl sites for hydroxylation is 1. The average Bonchev–Trinajstić information content (AvgIpc) is 2.68. The van der Waals surface area contributed by atoms with Gasteiger partial charge in [0.25, 0.3) is 0 Å². The van der Waals surface area contributed by atoms with Crippen LogP contribution in [0.3, 0.4) is 0 Å². The van der Waals surface area contributed by atoms with Gasteiger partial charge in [-0.2, -0.15) is 0 Å². The van der Waals surface area contributed by atoms with Crippen molar-refractivity contribution in [3.8, 4) is 5.75 Å². The van der Waals surface area contributed by atoms with Crippen LogP contribution >= 0.6 is 0 Å². The molecule has 1 fully saturated rings. The predicted molar refractivity (Wildman–Crippen MR) is 107 cm³/mol. The highest BCUT2D eigenvalue weighted by Gasteiger charge is 2.34. The number of benzene rings is 1. The van der Waals surface area contributed by atoms with Gasteiger partial charge in [-0.05, 0) is 61.4 Å². The number of aromatic nitrogens is 1. The summed E-state index contributed by atoms with van der Waals surface area (Å²) in [6.45, 7) is 3.15. The van der Waals surface area contributed by atoms with Gasteiger partial charge in [0.1, 0.15) is 11.4 Å². The minimum absolute atomic E-state index is 0.0197. The van der Waals surface area contributed by atoms with Crippen molar-refractivity contribution in [3.05, 3.63) is 53.9 Å². The number of fused-ring (bicyclic) bond motifs is 1. The second kappa shape index (κ2) is 7.69. The second-order valence-electron chi connectivity index (χ2n) is 8.29. The fraction of sp³-hybridized carbons (Fsp3) is 0.522. The van der Waals surface area contributed by atoms with E-state index in [4.69, 9.17) is 4.74 Å². The molecule has 0 saturated heterocycles. The normalized spacial score (nSPS) is 23.1. The van der Waals surface area contributed by atoms with Crippen LogP contribution < -0.4 is 10.1 Å². The number of nitrogens with zero attached hydrogens (tertiary/aromatic N) is 1. The standard InChI is InChI=1S/C23H30N2O/c1-23(16-18-5-3-2-4-6-18)12-9-20-15-19(7-8-22(20)26-23)17-25-21-10-13-24-14-11-21/h7-8,10-11,13-15,18H,2-6,9,12,16-17H2,1H3,(H,24,25). The van der Waals surface area contributed by atoms with E-state index in [1.165, 1.54) is 49.7 Å². The van der Waals surface area contributed by atoms with Crippen molar-refractivity contribution in [1.82, 2.24) is 4.98 Å². The van der Waals surface area contributed by atoms with E-state index in [1.807, 2.05) is 24.5 Å². The maximum atomic E-state index is 6.51. The van der Waals surface area contributed by atoms with E-state index < -0.39 is 0 Å². The monoisotopic (exact) mass is 350 g/mol. The minimum Gasteiger partial charge on any atom is -0.487 e. The Morgan fingerprint density at radius 1 is 1.12 bits per heavy atom. The number of hydrogen-bond donors (Lipinski definition) is 1. The van der Waals surface area contributed by atoms with E-state index in [9.17, 15) is 0 Å². The third kappa shape index (κ3) is 4.20. The van der Waals surface area contributed by atoms with Crippen LogP contribution in [0, 0.1) is 5.92 Å². The Morgan fingerprint density at radius 3 is 2.73 bits per heavy atom. The van der Waals surface area contributed by atoms with E-state index in [1.54, 1.807) is 0 Å². The SMILES string of the molecule is CC1(CC2CCCCC2)CCc2cc(CNc3ccncc3)ccc2O1. The summed E-state index contributed by atoms with van der Waals surface area (Å²) in [6.07, 6.45) is 14.1. The zero-order chi connectivity index (χ0) is 17.8. The van der Waals surface area contributed by atoms with Crippen LogP contribution in [0.2, 0.25) is 0 Å². The van der Waals surface area contributed by atoms with E-state index in [2.05, 4.69) is 35.4 Å². The van der Waals surface area contributed by atoms with Crippen molar-refractivity contribution in [2.24, 2.45) is 5.92 Å². The third-order valence-corrected chi connectivity index (χ3v) is 6.03. The summed E-state index contributed by atoms with van der Waals surface area (Å²) in [5.41, 5.74) is 3.79. The van der Waals surface area contributed by atoms with Gasteiger partial charge in [-0.3, -0.25) is 4.98 Å². The van der Waals surface area contributed by atoms with Gasteiger partial charge >= 0.3 is 0 Å². The molecule has 1 unspecified atom stereocenters. The first kappa shape index (κ1) is 17.4. The highest BCUT2D eigenvalue weighted by molar-refractivity contribution is 5.44. The molecule has 0 amide bonds. The molecule has 0 radical (unpaired) electrons. The molecule has 1 saturated carbocycles. The van der Waals surface area contributed by atoms with Crippen molar-refractivity contribution < 1.29 is 4.74 Å². The molecule has 2 aliphatic rings. The Morgan fingerprint density at radius 2 is 1.92 bits per heavy atom. The molecule has 1 aromatic heterocycles. The molecule has 1 aliphatic carbocycles. The average molecular weight is 351 g/mol. The summed E-state index contributed by atoms with van der Waals surface area (Å²) in [5, 5.41) is 3.46. The molecule has 4 rings (SSSR count). The number of nitrogens with one attached hydrogen (secondary N) is 1. The lowest BCUT2D eigenvalue weighted by Gasteiger charge is -2.39. The van der Waals surface area contributed by atoms with Gasteiger partial charge in [-0.25, -0.2) is 0 Å². The van der Waals surface area contributed by atoms with Gasteiger partial charge in [0.05, 0.1) is 0 Å². The third-order valence-electron chi connectivity index (χ3n) is 6.03. The maximum absolute atomic E-state index is 6.51. The van der Waals surface area contributed by atoms with Crippen molar-refractivity contribution in [1.29, 1.82) is 0 Å². The van der Waals surface area contributed by atoms with Gasteiger partial charge < -0.3 is 10.1 Å². The van der Waals surface area contributed by atoms with Gasteiger partial charge in [-0.15, -0.1) is 0 Å². The fourth-order valence-corrected chi connectivity index (χ4v) is 4.57. The summed E-state index contributed by atoms with van der Waals surface area (Å²) in [6, 6.07) is 10.7. The van der Waals surface area contributed by atoms with E-state index >= 15 is 0 Å². The molecular weight excluding hydrogens is 320 g/mol. The zero-order valence-electron chi connectivity index (χ0n) is 15.8. The predicted octanol–water partition coefficient (Wildman–Crippen LogP) is 5.75. The number of hydrogen-bond acceptors (Lipinski definition) is 3. The highest BCUT2D eigenvalue weighted by atomic mass is 16.5. The molecule has 138 valence electrons. The van der Waals surface area contributed by atoms with Crippen LogP contribution in [0.4, 0.5) is 5.69 Å². The van der Waals surface area contributed by atoms with Crippen molar-refractivity contribution >= 4 is 5.69 Å². The summed E-state index contributed by atoms with van der Waals surface area (Å²) in [7, 11) is 0. The lowest BCUT2D eigenvalue weighted by molar-refractivity contribution is 0.0333. The number of rotatable bonds is 5. The molecule has 1 atom stereocenters. The molecule has 0 bridgehead atoms. The number of anilines is 1. The molecule has 2 aromatic rings. The van der Waals surface area contributed by atoms with Crippen LogP contribution in [0.15, 0.2) is 42.7 Å². The maximum Gasteiger partial charge on any atom is 0.123 e. The van der Waals surface area contributed by atoms with Gasteiger partial charge in [0.15, 0.2) is 0 Å². The fourth-order valence-electron chi connectivity index (χ4n) is 4.57. The lowest BCUT2D eigenvalue weighted by Crippen LogP contribution is -2.38. The van der Waals surface area contributed by atoms with Crippen LogP contribution in [0.25, 0.3) is 0 Å². The van der Waals surface area contributed by atoms with Crippen molar-refractivity contribution in [3.63, 3.8) is 0 Å². The highest BCUT2D eigenvalue weighted by Crippen LogP contribution is 2.40. The summed E-state index contributed by atoms with van der Waals surface area (Å²) in [4.78, 5) is 4.06. The van der Waals surface area contributed by atoms with E-state index in [0.717, 1.165) is 36.7 Å². The molecule has 1 N–H and O–H groups in total. The quantitative estimate of drug-likeness (QED) is 0.746. The number of ether oxygens (including phenoxy) is 1. The Hall–Kier alpha value is -2.03. The zero-order valence-corrected chi connectivity index (χ0v) is 15.8. The van der Waals surface area contributed by atoms with Crippen LogP contribution in [0.5, 0.6) is 5.75 Å². The molecule has 0 spiro atoms. The molecule has 3 heteroatoms. The lowest BCUT2D eigenvalue weighted by atomic mass is 9.78. The van der Waals surface area contributed by atoms with Crippen LogP contribution in [-0.2, 0) is 13.0 Å². The Labute approximate surface area is 157 Å². The van der Waals surface area contributed by atoms with E-state index in [-0.39, 0.29) is 5.60 Å². The molecule has 1 aromatic carbocycles. The summed E-state index contributed by atoms with van der Waals surface area (Å²) >= 11 is 0. The number of pyridine rings is 1. The van der Waals surface area contributed by atoms with Crippen LogP contribution in [0.1, 0.15) is 63.0 Å².